The highest BCUT2D eigenvalue weighted by Crippen LogP contribution is 2.34. The summed E-state index contributed by atoms with van der Waals surface area (Å²) in [6.45, 7) is 7.77. The summed E-state index contributed by atoms with van der Waals surface area (Å²) in [5.74, 6) is 6.55. The second-order valence-electron chi connectivity index (χ2n) is 9.98. The van der Waals surface area contributed by atoms with Crippen LogP contribution in [-0.4, -0.2) is 67.7 Å². The summed E-state index contributed by atoms with van der Waals surface area (Å²) in [7, 11) is -2.27. The molecule has 0 bridgehead atoms. The summed E-state index contributed by atoms with van der Waals surface area (Å²) in [6, 6.07) is 13.1. The maximum Gasteiger partial charge on any atom is 0.321 e. The SMILES string of the molecule is CC(C)CC#Cc1ccc2c(c1)O[C@@H](CN(C)C(=O)Nc1ccccc1)[C@H](C)CN([C@H](C)CO)S2(=O)=O. The van der Waals surface area contributed by atoms with Crippen molar-refractivity contribution in [2.75, 3.05) is 32.1 Å². The van der Waals surface area contributed by atoms with Crippen molar-refractivity contribution >= 4 is 21.7 Å². The largest absolute Gasteiger partial charge is 0.487 e. The van der Waals surface area contributed by atoms with E-state index in [-0.39, 0.29) is 42.3 Å². The minimum Gasteiger partial charge on any atom is -0.487 e. The summed E-state index contributed by atoms with van der Waals surface area (Å²) in [5.41, 5.74) is 1.33. The van der Waals surface area contributed by atoms with Gasteiger partial charge in [0.1, 0.15) is 16.7 Å². The van der Waals surface area contributed by atoms with E-state index in [9.17, 15) is 18.3 Å². The Bertz CT molecular complexity index is 1240. The van der Waals surface area contributed by atoms with Crippen molar-refractivity contribution in [2.24, 2.45) is 11.8 Å². The van der Waals surface area contributed by atoms with E-state index < -0.39 is 22.2 Å². The lowest BCUT2D eigenvalue weighted by Gasteiger charge is -2.37. The Kier molecular flexibility index (Phi) is 9.60. The average Bonchev–Trinajstić information content (AvgIpc) is 2.86. The molecule has 2 aromatic carbocycles. The number of fused-ring (bicyclic) bond motifs is 1. The number of likely N-dealkylation sites (N-methyl/N-ethyl adjacent to an activating group) is 1. The highest BCUT2D eigenvalue weighted by molar-refractivity contribution is 7.89. The molecule has 1 heterocycles. The molecular formula is C28H37N3O5S. The van der Waals surface area contributed by atoms with Gasteiger partial charge in [-0.15, -0.1) is 0 Å². The van der Waals surface area contributed by atoms with E-state index in [2.05, 4.69) is 31.0 Å². The number of urea groups is 1. The second kappa shape index (κ2) is 12.5. The van der Waals surface area contributed by atoms with Crippen molar-refractivity contribution in [3.8, 4) is 17.6 Å². The predicted octanol–water partition coefficient (Wildman–Crippen LogP) is 4.02. The van der Waals surface area contributed by atoms with Gasteiger partial charge in [-0.25, -0.2) is 13.2 Å². The molecule has 0 saturated heterocycles. The van der Waals surface area contributed by atoms with Gasteiger partial charge in [0.2, 0.25) is 10.0 Å². The van der Waals surface area contributed by atoms with Crippen LogP contribution in [0, 0.1) is 23.7 Å². The normalized spacial score (nSPS) is 19.9. The van der Waals surface area contributed by atoms with Gasteiger partial charge in [0.25, 0.3) is 0 Å². The number of anilines is 1. The van der Waals surface area contributed by atoms with Gasteiger partial charge < -0.3 is 20.1 Å². The first kappa shape index (κ1) is 28.5. The van der Waals surface area contributed by atoms with Crippen LogP contribution in [0.2, 0.25) is 0 Å². The highest BCUT2D eigenvalue weighted by atomic mass is 32.2. The molecule has 2 aromatic rings. The Balaban J connectivity index is 1.95. The number of nitrogens with one attached hydrogen (secondary N) is 1. The predicted molar refractivity (Wildman–Crippen MR) is 145 cm³/mol. The van der Waals surface area contributed by atoms with Gasteiger partial charge >= 0.3 is 6.03 Å². The number of hydrogen-bond acceptors (Lipinski definition) is 5. The van der Waals surface area contributed by atoms with Crippen LogP contribution in [-0.2, 0) is 10.0 Å². The van der Waals surface area contributed by atoms with Gasteiger partial charge in [-0.3, -0.25) is 0 Å². The topological polar surface area (TPSA) is 99.2 Å². The zero-order valence-corrected chi connectivity index (χ0v) is 23.0. The molecule has 1 aliphatic heterocycles. The molecule has 0 unspecified atom stereocenters. The summed E-state index contributed by atoms with van der Waals surface area (Å²) >= 11 is 0. The molecule has 0 spiro atoms. The van der Waals surface area contributed by atoms with Crippen LogP contribution in [0.4, 0.5) is 10.5 Å². The number of amides is 2. The number of carbonyl (C=O) groups is 1. The lowest BCUT2D eigenvalue weighted by Crippen LogP contribution is -2.50. The number of nitrogens with zero attached hydrogens (tertiary/aromatic N) is 2. The first-order valence-electron chi connectivity index (χ1n) is 12.5. The molecule has 0 aromatic heterocycles. The first-order valence-corrected chi connectivity index (χ1v) is 14.0. The van der Waals surface area contributed by atoms with Crippen molar-refractivity contribution < 1.29 is 23.1 Å². The third-order valence-corrected chi connectivity index (χ3v) is 8.26. The number of hydrogen-bond donors (Lipinski definition) is 2. The fourth-order valence-corrected chi connectivity index (χ4v) is 5.80. The fraction of sp³-hybridized carbons (Fsp3) is 0.464. The van der Waals surface area contributed by atoms with Gasteiger partial charge in [-0.2, -0.15) is 4.31 Å². The Labute approximate surface area is 220 Å². The lowest BCUT2D eigenvalue weighted by molar-refractivity contribution is 0.0830. The molecule has 2 N–H and O–H groups in total. The molecular weight excluding hydrogens is 490 g/mol. The van der Waals surface area contributed by atoms with E-state index in [1.54, 1.807) is 38.2 Å². The molecule has 8 nitrogen and oxygen atoms in total. The summed E-state index contributed by atoms with van der Waals surface area (Å²) in [5, 5.41) is 12.7. The number of benzene rings is 2. The average molecular weight is 528 g/mol. The number of ether oxygens (including phenoxy) is 1. The molecule has 0 aliphatic carbocycles. The molecule has 200 valence electrons. The second-order valence-corrected chi connectivity index (χ2v) is 11.8. The minimum absolute atomic E-state index is 0.0236. The Morgan fingerprint density at radius 2 is 1.92 bits per heavy atom. The van der Waals surface area contributed by atoms with Gasteiger partial charge in [0.15, 0.2) is 0 Å². The van der Waals surface area contributed by atoms with Gasteiger partial charge in [-0.1, -0.05) is 50.8 Å². The first-order chi connectivity index (χ1) is 17.5. The molecule has 2 amide bonds. The molecule has 0 radical (unpaired) electrons. The van der Waals surface area contributed by atoms with Crippen LogP contribution < -0.4 is 10.1 Å². The van der Waals surface area contributed by atoms with Crippen LogP contribution in [0.3, 0.4) is 0 Å². The monoisotopic (exact) mass is 527 g/mol. The van der Waals surface area contributed by atoms with E-state index >= 15 is 0 Å². The van der Waals surface area contributed by atoms with E-state index in [4.69, 9.17) is 4.74 Å². The van der Waals surface area contributed by atoms with Crippen LogP contribution in [0.5, 0.6) is 5.75 Å². The number of para-hydroxylation sites is 1. The maximum atomic E-state index is 13.6. The van der Waals surface area contributed by atoms with E-state index in [1.165, 1.54) is 15.3 Å². The number of aliphatic hydroxyl groups excluding tert-OH is 1. The maximum absolute atomic E-state index is 13.6. The number of sulfonamides is 1. The van der Waals surface area contributed by atoms with Crippen molar-refractivity contribution in [3.63, 3.8) is 0 Å². The Hall–Kier alpha value is -3.06. The third-order valence-electron chi connectivity index (χ3n) is 6.24. The molecule has 3 rings (SSSR count). The summed E-state index contributed by atoms with van der Waals surface area (Å²) in [4.78, 5) is 14.4. The smallest absolute Gasteiger partial charge is 0.321 e. The number of carbonyl (C=O) groups excluding carboxylic acids is 1. The number of aliphatic hydroxyl groups is 1. The molecule has 9 heteroatoms. The van der Waals surface area contributed by atoms with Gasteiger partial charge in [-0.05, 0) is 43.2 Å². The molecule has 0 fully saturated rings. The van der Waals surface area contributed by atoms with Gasteiger partial charge in [0, 0.05) is 43.2 Å². The Morgan fingerprint density at radius 1 is 1.22 bits per heavy atom. The minimum atomic E-state index is -3.94. The summed E-state index contributed by atoms with van der Waals surface area (Å²) < 4.78 is 34.9. The number of rotatable bonds is 6. The quantitative estimate of drug-likeness (QED) is 0.553. The van der Waals surface area contributed by atoms with E-state index in [1.807, 2.05) is 25.1 Å². The Morgan fingerprint density at radius 3 is 2.57 bits per heavy atom. The van der Waals surface area contributed by atoms with Crippen LogP contribution in [0.1, 0.15) is 39.7 Å². The van der Waals surface area contributed by atoms with Gasteiger partial charge in [0.05, 0.1) is 13.2 Å². The molecule has 1 aliphatic rings. The van der Waals surface area contributed by atoms with Crippen molar-refractivity contribution in [1.29, 1.82) is 0 Å². The van der Waals surface area contributed by atoms with Crippen molar-refractivity contribution in [1.82, 2.24) is 9.21 Å². The lowest BCUT2D eigenvalue weighted by atomic mass is 10.0. The molecule has 0 saturated carbocycles. The van der Waals surface area contributed by atoms with Crippen molar-refractivity contribution in [3.05, 3.63) is 54.1 Å². The molecule has 3 atom stereocenters. The zero-order valence-electron chi connectivity index (χ0n) is 22.1. The van der Waals surface area contributed by atoms with Crippen LogP contribution in [0.15, 0.2) is 53.4 Å². The highest BCUT2D eigenvalue weighted by Gasteiger charge is 2.38. The van der Waals surface area contributed by atoms with Crippen molar-refractivity contribution in [2.45, 2.75) is 51.2 Å². The zero-order chi connectivity index (χ0) is 27.2. The van der Waals surface area contributed by atoms with E-state index in [0.29, 0.717) is 17.2 Å². The van der Waals surface area contributed by atoms with E-state index in [0.717, 1.165) is 6.42 Å². The summed E-state index contributed by atoms with van der Waals surface area (Å²) in [6.07, 6.45) is 0.215. The third kappa shape index (κ3) is 7.25. The standard InChI is InChI=1S/C28H37N3O5S/c1-20(2)10-9-11-23-14-15-27-25(16-23)36-26(21(3)17-31(22(4)19-32)37(27,34)35)18-30(5)28(33)29-24-12-7-6-8-13-24/h6-8,12-16,20-22,26,32H,10,17-19H2,1-5H3,(H,29,33)/t21-,22-,26+/m1/s1. The van der Waals surface area contributed by atoms with Crippen LogP contribution in [0.25, 0.3) is 0 Å². The fourth-order valence-electron chi connectivity index (χ4n) is 3.97. The molecule has 37 heavy (non-hydrogen) atoms. The van der Waals surface area contributed by atoms with Crippen LogP contribution >= 0.6 is 0 Å².